The number of imidazole rings is 1. The molecule has 0 aliphatic heterocycles. The molecule has 16 heavy (non-hydrogen) atoms. The molecule has 2 heterocycles. The third-order valence-corrected chi connectivity index (χ3v) is 2.82. The van der Waals surface area contributed by atoms with Gasteiger partial charge in [-0.15, -0.1) is 0 Å². The number of nitrogens with zero attached hydrogens (tertiary/aromatic N) is 2. The number of furan rings is 1. The van der Waals surface area contributed by atoms with E-state index in [9.17, 15) is 0 Å². The summed E-state index contributed by atoms with van der Waals surface area (Å²) >= 11 is 3.26. The molecular weight excluding hydrogens is 270 g/mol. The van der Waals surface area contributed by atoms with Gasteiger partial charge in [0.15, 0.2) is 4.67 Å². The lowest BCUT2D eigenvalue weighted by atomic mass is 10.2. The van der Waals surface area contributed by atoms with Crippen LogP contribution in [0.3, 0.4) is 0 Å². The molecule has 0 fully saturated rings. The summed E-state index contributed by atoms with van der Waals surface area (Å²) in [4.78, 5) is 4.28. The number of hydrogen-bond acceptors (Lipinski definition) is 3. The first-order valence-electron chi connectivity index (χ1n) is 5.24. The average Bonchev–Trinajstić information content (AvgIpc) is 2.87. The highest BCUT2D eigenvalue weighted by Crippen LogP contribution is 2.23. The Morgan fingerprint density at radius 2 is 2.38 bits per heavy atom. The number of rotatable bonds is 4. The van der Waals surface area contributed by atoms with E-state index in [0.29, 0.717) is 4.67 Å². The van der Waals surface area contributed by atoms with Gasteiger partial charge in [-0.25, -0.2) is 4.98 Å². The molecular formula is C11H14BrN3O. The van der Waals surface area contributed by atoms with Crippen LogP contribution in [0.25, 0.3) is 0 Å². The van der Waals surface area contributed by atoms with Crippen LogP contribution in [0.5, 0.6) is 0 Å². The van der Waals surface area contributed by atoms with Gasteiger partial charge in [-0.05, 0) is 34.5 Å². The van der Waals surface area contributed by atoms with Crippen molar-refractivity contribution >= 4 is 15.9 Å². The fraction of sp³-hybridized carbons (Fsp3) is 0.364. The lowest BCUT2D eigenvalue weighted by Gasteiger charge is -2.11. The van der Waals surface area contributed by atoms with E-state index < -0.39 is 0 Å². The van der Waals surface area contributed by atoms with E-state index in [4.69, 9.17) is 10.2 Å². The van der Waals surface area contributed by atoms with Crippen LogP contribution in [0, 0.1) is 0 Å². The van der Waals surface area contributed by atoms with E-state index in [0.717, 1.165) is 24.6 Å². The Kier molecular flexibility index (Phi) is 3.46. The van der Waals surface area contributed by atoms with Crippen molar-refractivity contribution in [2.45, 2.75) is 25.9 Å². The van der Waals surface area contributed by atoms with Gasteiger partial charge < -0.3 is 14.7 Å². The lowest BCUT2D eigenvalue weighted by molar-refractivity contribution is 0.455. The lowest BCUT2D eigenvalue weighted by Crippen LogP contribution is -2.17. The molecule has 1 atom stereocenters. The van der Waals surface area contributed by atoms with Crippen LogP contribution < -0.4 is 5.73 Å². The van der Waals surface area contributed by atoms with E-state index >= 15 is 0 Å². The van der Waals surface area contributed by atoms with Crippen LogP contribution in [-0.2, 0) is 6.54 Å². The fourth-order valence-corrected chi connectivity index (χ4v) is 1.97. The fourth-order valence-electron chi connectivity index (χ4n) is 1.65. The Labute approximate surface area is 103 Å². The molecule has 0 aliphatic rings. The van der Waals surface area contributed by atoms with Crippen molar-refractivity contribution < 1.29 is 4.42 Å². The van der Waals surface area contributed by atoms with Crippen LogP contribution in [0.15, 0.2) is 33.6 Å². The molecule has 0 aromatic carbocycles. The molecule has 2 aromatic heterocycles. The molecule has 0 saturated carbocycles. The Bertz CT molecular complexity index is 463. The molecule has 86 valence electrons. The largest absolute Gasteiger partial charge is 0.452 e. The van der Waals surface area contributed by atoms with Crippen LogP contribution in [-0.4, -0.2) is 9.55 Å². The number of aromatic nitrogens is 2. The molecule has 0 amide bonds. The molecule has 2 aromatic rings. The van der Waals surface area contributed by atoms with Crippen molar-refractivity contribution in [3.05, 3.63) is 40.8 Å². The van der Waals surface area contributed by atoms with Crippen molar-refractivity contribution in [2.75, 3.05) is 0 Å². The normalized spacial score (nSPS) is 12.9. The molecule has 0 radical (unpaired) electrons. The van der Waals surface area contributed by atoms with Crippen molar-refractivity contribution in [2.24, 2.45) is 5.73 Å². The van der Waals surface area contributed by atoms with Crippen LogP contribution >= 0.6 is 15.9 Å². The topological polar surface area (TPSA) is 57.0 Å². The molecule has 2 N–H and O–H groups in total. The van der Waals surface area contributed by atoms with Crippen molar-refractivity contribution in [3.63, 3.8) is 0 Å². The zero-order valence-electron chi connectivity index (χ0n) is 9.06. The summed E-state index contributed by atoms with van der Waals surface area (Å²) in [6.07, 6.45) is 4.76. The van der Waals surface area contributed by atoms with Gasteiger partial charge in [0.2, 0.25) is 0 Å². The van der Waals surface area contributed by atoms with Crippen molar-refractivity contribution in [3.8, 4) is 0 Å². The maximum absolute atomic E-state index is 6.11. The van der Waals surface area contributed by atoms with E-state index in [1.54, 1.807) is 6.20 Å². The third-order valence-electron chi connectivity index (χ3n) is 2.39. The summed E-state index contributed by atoms with van der Waals surface area (Å²) in [6, 6.07) is 3.38. The molecule has 0 saturated heterocycles. The van der Waals surface area contributed by atoms with E-state index in [1.807, 2.05) is 18.3 Å². The van der Waals surface area contributed by atoms with Gasteiger partial charge in [0.05, 0.1) is 0 Å². The SMILES string of the molecule is CCCn1ccnc1C(N)c1ccc(Br)o1. The maximum Gasteiger partial charge on any atom is 0.169 e. The van der Waals surface area contributed by atoms with Gasteiger partial charge in [-0.3, -0.25) is 0 Å². The number of halogens is 1. The standard InChI is InChI=1S/C11H14BrN3O/c1-2-6-15-7-5-14-11(15)10(13)8-3-4-9(12)16-8/h3-5,7,10H,2,6,13H2,1H3. The summed E-state index contributed by atoms with van der Waals surface area (Å²) in [7, 11) is 0. The van der Waals surface area contributed by atoms with Gasteiger partial charge in [0.25, 0.3) is 0 Å². The Balaban J connectivity index is 2.26. The average molecular weight is 284 g/mol. The van der Waals surface area contributed by atoms with Crippen molar-refractivity contribution in [1.82, 2.24) is 9.55 Å². The molecule has 2 rings (SSSR count). The van der Waals surface area contributed by atoms with Gasteiger partial charge in [-0.1, -0.05) is 6.92 Å². The minimum atomic E-state index is -0.312. The maximum atomic E-state index is 6.11. The van der Waals surface area contributed by atoms with Crippen LogP contribution in [0.2, 0.25) is 0 Å². The van der Waals surface area contributed by atoms with Gasteiger partial charge in [-0.2, -0.15) is 0 Å². The minimum absolute atomic E-state index is 0.312. The second kappa shape index (κ2) is 4.84. The first kappa shape index (κ1) is 11.4. The highest BCUT2D eigenvalue weighted by atomic mass is 79.9. The van der Waals surface area contributed by atoms with Gasteiger partial charge in [0, 0.05) is 18.9 Å². The Morgan fingerprint density at radius 3 is 3.00 bits per heavy atom. The molecule has 0 aliphatic carbocycles. The number of aryl methyl sites for hydroxylation is 1. The summed E-state index contributed by atoms with van der Waals surface area (Å²) in [5.74, 6) is 1.55. The third kappa shape index (κ3) is 2.20. The molecule has 0 bridgehead atoms. The Hall–Kier alpha value is -1.07. The Morgan fingerprint density at radius 1 is 1.56 bits per heavy atom. The highest BCUT2D eigenvalue weighted by molar-refractivity contribution is 9.10. The molecule has 4 nitrogen and oxygen atoms in total. The second-order valence-electron chi connectivity index (χ2n) is 3.60. The quantitative estimate of drug-likeness (QED) is 0.939. The highest BCUT2D eigenvalue weighted by Gasteiger charge is 2.17. The predicted molar refractivity (Wildman–Crippen MR) is 65.0 cm³/mol. The van der Waals surface area contributed by atoms with Crippen molar-refractivity contribution in [1.29, 1.82) is 0 Å². The second-order valence-corrected chi connectivity index (χ2v) is 4.38. The number of nitrogens with two attached hydrogens (primary N) is 1. The summed E-state index contributed by atoms with van der Waals surface area (Å²) in [5, 5.41) is 0. The molecule has 5 heteroatoms. The van der Waals surface area contributed by atoms with E-state index in [-0.39, 0.29) is 6.04 Å². The smallest absolute Gasteiger partial charge is 0.169 e. The minimum Gasteiger partial charge on any atom is -0.452 e. The first-order valence-corrected chi connectivity index (χ1v) is 6.03. The van der Waals surface area contributed by atoms with Crippen LogP contribution in [0.1, 0.15) is 31.0 Å². The number of hydrogen-bond donors (Lipinski definition) is 1. The van der Waals surface area contributed by atoms with Gasteiger partial charge >= 0.3 is 0 Å². The van der Waals surface area contributed by atoms with Crippen LogP contribution in [0.4, 0.5) is 0 Å². The summed E-state index contributed by atoms with van der Waals surface area (Å²) in [5.41, 5.74) is 6.11. The monoisotopic (exact) mass is 283 g/mol. The summed E-state index contributed by atoms with van der Waals surface area (Å²) in [6.45, 7) is 3.05. The zero-order valence-corrected chi connectivity index (χ0v) is 10.6. The van der Waals surface area contributed by atoms with E-state index in [2.05, 4.69) is 32.4 Å². The van der Waals surface area contributed by atoms with Gasteiger partial charge in [0.1, 0.15) is 17.6 Å². The summed E-state index contributed by atoms with van der Waals surface area (Å²) < 4.78 is 8.18. The van der Waals surface area contributed by atoms with E-state index in [1.165, 1.54) is 0 Å². The zero-order chi connectivity index (χ0) is 11.5. The molecule has 1 unspecified atom stereocenters. The predicted octanol–water partition coefficient (Wildman–Crippen LogP) is 2.70. The first-order chi connectivity index (χ1) is 7.72. The molecule has 0 spiro atoms.